The Labute approximate surface area is 173 Å². The lowest BCUT2D eigenvalue weighted by Crippen LogP contribution is -2.36. The molecule has 2 aromatic rings. The van der Waals surface area contributed by atoms with Crippen molar-refractivity contribution in [1.29, 1.82) is 0 Å². The first kappa shape index (κ1) is 20.9. The molecule has 0 unspecified atom stereocenters. The minimum Gasteiger partial charge on any atom is -0.495 e. The zero-order valence-corrected chi connectivity index (χ0v) is 18.2. The molecule has 0 fully saturated rings. The number of aromatic nitrogens is 1. The highest BCUT2D eigenvalue weighted by Crippen LogP contribution is 2.33. The normalized spacial score (nSPS) is 14.1. The van der Waals surface area contributed by atoms with Crippen molar-refractivity contribution in [2.45, 2.75) is 38.1 Å². The number of thiazole rings is 1. The number of fused-ring (bicyclic) bond motifs is 1. The maximum atomic E-state index is 12.8. The van der Waals surface area contributed by atoms with Crippen LogP contribution in [0.3, 0.4) is 0 Å². The number of ether oxygens (including phenoxy) is 1. The predicted octanol–water partition coefficient (Wildman–Crippen LogP) is 3.54. The number of halogens is 1. The summed E-state index contributed by atoms with van der Waals surface area (Å²) in [5.41, 5.74) is 0.828. The summed E-state index contributed by atoms with van der Waals surface area (Å²) >= 11 is 7.19. The summed E-state index contributed by atoms with van der Waals surface area (Å²) in [4.78, 5) is 19.4. The Kier molecular flexibility index (Phi) is 6.16. The standard InChI is InChI=1S/C18H22ClN3O4S2/c1-11(2)8-17(23)22-7-6-13-15(10-22)27-18(20-13)21-28(24,25)16-9-12(19)4-5-14(16)26-3/h4-5,9,11H,6-8,10H2,1-3H3,(H,20,21). The van der Waals surface area contributed by atoms with Crippen LogP contribution in [0.2, 0.25) is 5.02 Å². The number of hydrogen-bond donors (Lipinski definition) is 1. The molecule has 1 N–H and O–H groups in total. The van der Waals surface area contributed by atoms with E-state index in [1.807, 2.05) is 13.8 Å². The molecule has 1 aromatic heterocycles. The number of carbonyl (C=O) groups is 1. The van der Waals surface area contributed by atoms with Crippen LogP contribution >= 0.6 is 22.9 Å². The van der Waals surface area contributed by atoms with Gasteiger partial charge < -0.3 is 9.64 Å². The van der Waals surface area contributed by atoms with Crippen LogP contribution in [0.1, 0.15) is 30.8 Å². The van der Waals surface area contributed by atoms with Gasteiger partial charge in [0.25, 0.3) is 10.0 Å². The number of sulfonamides is 1. The summed E-state index contributed by atoms with van der Waals surface area (Å²) in [7, 11) is -2.52. The van der Waals surface area contributed by atoms with Crippen LogP contribution in [0.25, 0.3) is 0 Å². The molecule has 1 aliphatic rings. The second-order valence-electron chi connectivity index (χ2n) is 6.95. The third kappa shape index (κ3) is 4.59. The molecule has 152 valence electrons. The Bertz CT molecular complexity index is 989. The summed E-state index contributed by atoms with van der Waals surface area (Å²) in [5, 5.41) is 0.559. The number of amides is 1. The molecule has 2 heterocycles. The van der Waals surface area contributed by atoms with Crippen LogP contribution in [0.4, 0.5) is 5.13 Å². The predicted molar refractivity (Wildman–Crippen MR) is 110 cm³/mol. The van der Waals surface area contributed by atoms with Crippen molar-refractivity contribution >= 4 is 44.0 Å². The van der Waals surface area contributed by atoms with E-state index in [4.69, 9.17) is 16.3 Å². The van der Waals surface area contributed by atoms with E-state index < -0.39 is 10.0 Å². The number of nitrogens with one attached hydrogen (secondary N) is 1. The second-order valence-corrected chi connectivity index (χ2v) is 10.1. The van der Waals surface area contributed by atoms with Crippen molar-refractivity contribution in [2.24, 2.45) is 5.92 Å². The average Bonchev–Trinajstić information content (AvgIpc) is 3.01. The van der Waals surface area contributed by atoms with Gasteiger partial charge in [-0.05, 0) is 24.1 Å². The highest BCUT2D eigenvalue weighted by atomic mass is 35.5. The molecule has 7 nitrogen and oxygen atoms in total. The van der Waals surface area contributed by atoms with Gasteiger partial charge in [0.15, 0.2) is 5.13 Å². The van der Waals surface area contributed by atoms with E-state index in [0.29, 0.717) is 36.9 Å². The van der Waals surface area contributed by atoms with Crippen molar-refractivity contribution < 1.29 is 17.9 Å². The van der Waals surface area contributed by atoms with Crippen molar-refractivity contribution in [2.75, 3.05) is 18.4 Å². The number of nitrogens with zero attached hydrogens (tertiary/aromatic N) is 2. The first-order valence-electron chi connectivity index (χ1n) is 8.82. The molecule has 0 bridgehead atoms. The largest absolute Gasteiger partial charge is 0.495 e. The van der Waals surface area contributed by atoms with E-state index in [-0.39, 0.29) is 21.7 Å². The van der Waals surface area contributed by atoms with Gasteiger partial charge in [-0.25, -0.2) is 13.4 Å². The molecule has 10 heteroatoms. The first-order valence-corrected chi connectivity index (χ1v) is 11.5. The maximum Gasteiger partial charge on any atom is 0.267 e. The molecule has 0 aliphatic carbocycles. The fraction of sp³-hybridized carbons (Fsp3) is 0.444. The number of methoxy groups -OCH3 is 1. The zero-order valence-electron chi connectivity index (χ0n) is 15.9. The van der Waals surface area contributed by atoms with Gasteiger partial charge in [0.1, 0.15) is 10.6 Å². The van der Waals surface area contributed by atoms with Gasteiger partial charge in [0.2, 0.25) is 5.91 Å². The molecule has 0 saturated carbocycles. The SMILES string of the molecule is COc1ccc(Cl)cc1S(=O)(=O)Nc1nc2c(s1)CN(C(=O)CC(C)C)CC2. The van der Waals surface area contributed by atoms with Gasteiger partial charge in [0, 0.05) is 29.3 Å². The summed E-state index contributed by atoms with van der Waals surface area (Å²) in [6.07, 6.45) is 1.11. The molecular weight excluding hydrogens is 422 g/mol. The summed E-state index contributed by atoms with van der Waals surface area (Å²) in [5.74, 6) is 0.605. The molecule has 0 saturated heterocycles. The fourth-order valence-corrected chi connectivity index (χ4v) is 5.65. The van der Waals surface area contributed by atoms with E-state index in [2.05, 4.69) is 9.71 Å². The Morgan fingerprint density at radius 2 is 2.18 bits per heavy atom. The second kappa shape index (κ2) is 8.26. The van der Waals surface area contributed by atoms with Gasteiger partial charge in [-0.1, -0.05) is 36.8 Å². The molecule has 1 aromatic carbocycles. The molecule has 0 spiro atoms. The van der Waals surface area contributed by atoms with Gasteiger partial charge in [-0.3, -0.25) is 9.52 Å². The van der Waals surface area contributed by atoms with Crippen LogP contribution < -0.4 is 9.46 Å². The lowest BCUT2D eigenvalue weighted by Gasteiger charge is -2.26. The number of anilines is 1. The quantitative estimate of drug-likeness (QED) is 0.737. The average molecular weight is 444 g/mol. The van der Waals surface area contributed by atoms with Gasteiger partial charge in [-0.2, -0.15) is 0 Å². The van der Waals surface area contributed by atoms with Crippen molar-refractivity contribution in [3.8, 4) is 5.75 Å². The highest BCUT2D eigenvalue weighted by Gasteiger charge is 2.27. The van der Waals surface area contributed by atoms with Crippen LogP contribution in [0, 0.1) is 5.92 Å². The van der Waals surface area contributed by atoms with Crippen LogP contribution in [0.15, 0.2) is 23.1 Å². The number of carbonyl (C=O) groups excluding carboxylic acids is 1. The van der Waals surface area contributed by atoms with Crippen LogP contribution in [0.5, 0.6) is 5.75 Å². The Hall–Kier alpha value is -1.84. The Balaban J connectivity index is 1.80. The van der Waals surface area contributed by atoms with Crippen LogP contribution in [-0.4, -0.2) is 37.9 Å². The molecule has 1 aliphatic heterocycles. The van der Waals surface area contributed by atoms with Crippen molar-refractivity contribution in [3.05, 3.63) is 33.8 Å². The summed E-state index contributed by atoms with van der Waals surface area (Å²) in [6.45, 7) is 5.07. The van der Waals surface area contributed by atoms with E-state index in [1.165, 1.54) is 30.6 Å². The van der Waals surface area contributed by atoms with Crippen LogP contribution in [-0.2, 0) is 27.8 Å². The van der Waals surface area contributed by atoms with Crippen molar-refractivity contribution in [3.63, 3.8) is 0 Å². The van der Waals surface area contributed by atoms with E-state index >= 15 is 0 Å². The van der Waals surface area contributed by atoms with Gasteiger partial charge >= 0.3 is 0 Å². The van der Waals surface area contributed by atoms with Gasteiger partial charge in [0.05, 0.1) is 19.3 Å². The van der Waals surface area contributed by atoms with E-state index in [0.717, 1.165) is 10.6 Å². The van der Waals surface area contributed by atoms with E-state index in [1.54, 1.807) is 11.0 Å². The number of benzene rings is 1. The summed E-state index contributed by atoms with van der Waals surface area (Å²) in [6, 6.07) is 4.40. The topological polar surface area (TPSA) is 88.6 Å². The van der Waals surface area contributed by atoms with Gasteiger partial charge in [-0.15, -0.1) is 0 Å². The molecule has 3 rings (SSSR count). The monoisotopic (exact) mass is 443 g/mol. The third-order valence-corrected chi connectivity index (χ3v) is 7.03. The lowest BCUT2D eigenvalue weighted by atomic mass is 10.1. The van der Waals surface area contributed by atoms with Crippen molar-refractivity contribution in [1.82, 2.24) is 9.88 Å². The smallest absolute Gasteiger partial charge is 0.267 e. The minimum atomic E-state index is -3.92. The third-order valence-electron chi connectivity index (χ3n) is 4.30. The fourth-order valence-electron chi connectivity index (χ4n) is 2.96. The number of rotatable bonds is 6. The molecule has 0 atom stereocenters. The highest BCUT2D eigenvalue weighted by molar-refractivity contribution is 7.93. The zero-order chi connectivity index (χ0) is 20.5. The summed E-state index contributed by atoms with van der Waals surface area (Å²) < 4.78 is 33.2. The molecular formula is C18H22ClN3O4S2. The number of hydrogen-bond acceptors (Lipinski definition) is 6. The lowest BCUT2D eigenvalue weighted by molar-refractivity contribution is -0.132. The Morgan fingerprint density at radius 1 is 1.43 bits per heavy atom. The maximum absolute atomic E-state index is 12.8. The first-order chi connectivity index (χ1) is 13.2. The molecule has 0 radical (unpaired) electrons. The molecule has 1 amide bonds. The van der Waals surface area contributed by atoms with E-state index in [9.17, 15) is 13.2 Å². The molecule has 28 heavy (non-hydrogen) atoms. The Morgan fingerprint density at radius 3 is 2.86 bits per heavy atom. The minimum absolute atomic E-state index is 0.0515.